The number of esters is 1. The van der Waals surface area contributed by atoms with Crippen LogP contribution in [-0.2, 0) is 27.3 Å². The Balaban J connectivity index is 2.47. The first-order chi connectivity index (χ1) is 9.47. The molecule has 20 heavy (non-hydrogen) atoms. The molecule has 0 saturated heterocycles. The monoisotopic (exact) mass is 300 g/mol. The lowest BCUT2D eigenvalue weighted by Gasteiger charge is -2.19. The van der Waals surface area contributed by atoms with E-state index in [4.69, 9.17) is 4.74 Å². The summed E-state index contributed by atoms with van der Waals surface area (Å²) in [6, 6.07) is -0.708. The van der Waals surface area contributed by atoms with Crippen molar-refractivity contribution in [2.45, 2.75) is 39.8 Å². The molecule has 112 valence electrons. The number of nitrogens with zero attached hydrogens (tertiary/aromatic N) is 1. The highest BCUT2D eigenvalue weighted by atomic mass is 32.1. The van der Waals surface area contributed by atoms with Crippen LogP contribution < -0.4 is 5.32 Å². The molecule has 0 aliphatic heterocycles. The van der Waals surface area contributed by atoms with E-state index in [0.29, 0.717) is 0 Å². The van der Waals surface area contributed by atoms with E-state index < -0.39 is 18.1 Å². The number of amides is 1. The zero-order valence-electron chi connectivity index (χ0n) is 12.1. The molecule has 1 aromatic rings. The first-order valence-corrected chi connectivity index (χ1v) is 7.24. The van der Waals surface area contributed by atoms with Crippen molar-refractivity contribution in [3.05, 3.63) is 16.1 Å². The molecule has 0 radical (unpaired) electrons. The van der Waals surface area contributed by atoms with Crippen LogP contribution in [0, 0.1) is 5.92 Å². The number of rotatable bonds is 6. The SMILES string of the molecule is CCc1ncc(COC(=O)N[C@H](C(=O)OC)C(C)C)s1. The molecule has 1 atom stereocenters. The van der Waals surface area contributed by atoms with Crippen LogP contribution >= 0.6 is 11.3 Å². The average Bonchev–Trinajstić information content (AvgIpc) is 2.89. The first-order valence-electron chi connectivity index (χ1n) is 6.42. The Morgan fingerprint density at radius 2 is 2.15 bits per heavy atom. The Bertz CT molecular complexity index is 459. The third kappa shape index (κ3) is 4.80. The van der Waals surface area contributed by atoms with Crippen molar-refractivity contribution in [2.24, 2.45) is 5.92 Å². The van der Waals surface area contributed by atoms with E-state index in [1.165, 1.54) is 18.4 Å². The first kappa shape index (κ1) is 16.4. The van der Waals surface area contributed by atoms with E-state index in [1.54, 1.807) is 6.20 Å². The van der Waals surface area contributed by atoms with Crippen molar-refractivity contribution >= 4 is 23.4 Å². The Morgan fingerprint density at radius 3 is 2.65 bits per heavy atom. The van der Waals surface area contributed by atoms with Crippen LogP contribution in [0.25, 0.3) is 0 Å². The minimum atomic E-state index is -0.708. The molecule has 0 bridgehead atoms. The minimum Gasteiger partial charge on any atom is -0.467 e. The van der Waals surface area contributed by atoms with Crippen molar-refractivity contribution in [1.82, 2.24) is 10.3 Å². The topological polar surface area (TPSA) is 77.5 Å². The van der Waals surface area contributed by atoms with Gasteiger partial charge in [0.2, 0.25) is 0 Å². The summed E-state index contributed by atoms with van der Waals surface area (Å²) < 4.78 is 9.71. The van der Waals surface area contributed by atoms with E-state index in [1.807, 2.05) is 20.8 Å². The number of aryl methyl sites for hydroxylation is 1. The molecule has 1 aromatic heterocycles. The Morgan fingerprint density at radius 1 is 1.45 bits per heavy atom. The van der Waals surface area contributed by atoms with Crippen LogP contribution in [0.5, 0.6) is 0 Å². The molecular formula is C13H20N2O4S. The summed E-state index contributed by atoms with van der Waals surface area (Å²) in [6.07, 6.45) is 1.91. The third-order valence-corrected chi connectivity index (χ3v) is 3.76. The fourth-order valence-electron chi connectivity index (χ4n) is 1.51. The second-order valence-corrected chi connectivity index (χ2v) is 5.74. The van der Waals surface area contributed by atoms with Crippen molar-refractivity contribution < 1.29 is 19.1 Å². The Kier molecular flexibility index (Phi) is 6.44. The number of methoxy groups -OCH3 is 1. The molecule has 0 spiro atoms. The highest BCUT2D eigenvalue weighted by molar-refractivity contribution is 7.11. The van der Waals surface area contributed by atoms with Crippen molar-refractivity contribution in [1.29, 1.82) is 0 Å². The Labute approximate surface area is 122 Å². The van der Waals surface area contributed by atoms with Crippen LogP contribution in [0.3, 0.4) is 0 Å². The maximum atomic E-state index is 11.7. The quantitative estimate of drug-likeness (QED) is 0.814. The molecular weight excluding hydrogens is 280 g/mol. The molecule has 0 fully saturated rings. The summed E-state index contributed by atoms with van der Waals surface area (Å²) >= 11 is 1.50. The summed E-state index contributed by atoms with van der Waals surface area (Å²) in [7, 11) is 1.29. The van der Waals surface area contributed by atoms with Crippen molar-refractivity contribution in [2.75, 3.05) is 7.11 Å². The van der Waals surface area contributed by atoms with Gasteiger partial charge in [0.05, 0.1) is 17.0 Å². The number of hydrogen-bond acceptors (Lipinski definition) is 6. The number of aromatic nitrogens is 1. The van der Waals surface area contributed by atoms with Crippen molar-refractivity contribution in [3.63, 3.8) is 0 Å². The molecule has 0 aromatic carbocycles. The summed E-state index contributed by atoms with van der Waals surface area (Å²) in [6.45, 7) is 5.80. The molecule has 0 aliphatic rings. The molecule has 0 saturated carbocycles. The van der Waals surface area contributed by atoms with Gasteiger partial charge < -0.3 is 14.8 Å². The highest BCUT2D eigenvalue weighted by Crippen LogP contribution is 2.14. The molecule has 1 rings (SSSR count). The van der Waals surface area contributed by atoms with Gasteiger partial charge in [-0.1, -0.05) is 20.8 Å². The summed E-state index contributed by atoms with van der Waals surface area (Å²) in [4.78, 5) is 28.2. The molecule has 1 heterocycles. The lowest BCUT2D eigenvalue weighted by molar-refractivity contribution is -0.144. The average molecular weight is 300 g/mol. The van der Waals surface area contributed by atoms with Gasteiger partial charge in [0, 0.05) is 6.20 Å². The maximum absolute atomic E-state index is 11.7. The van der Waals surface area contributed by atoms with E-state index in [2.05, 4.69) is 15.0 Å². The standard InChI is InChI=1S/C13H20N2O4S/c1-5-10-14-6-9(20-10)7-19-13(17)15-11(8(2)3)12(16)18-4/h6,8,11H,5,7H2,1-4H3,(H,15,17)/t11-/m0/s1. The number of carbonyl (C=O) groups excluding carboxylic acids is 2. The van der Waals surface area contributed by atoms with Gasteiger partial charge in [0.1, 0.15) is 12.6 Å². The van der Waals surface area contributed by atoms with Crippen molar-refractivity contribution in [3.8, 4) is 0 Å². The van der Waals surface area contributed by atoms with Crippen LogP contribution in [0.15, 0.2) is 6.20 Å². The molecule has 1 N–H and O–H groups in total. The van der Waals surface area contributed by atoms with Crippen LogP contribution in [0.1, 0.15) is 30.7 Å². The zero-order chi connectivity index (χ0) is 15.1. The number of ether oxygens (including phenoxy) is 2. The van der Waals surface area contributed by atoms with Gasteiger partial charge in [0.15, 0.2) is 0 Å². The molecule has 0 unspecified atom stereocenters. The van der Waals surface area contributed by atoms with E-state index in [-0.39, 0.29) is 12.5 Å². The van der Waals surface area contributed by atoms with Gasteiger partial charge >= 0.3 is 12.1 Å². The fraction of sp³-hybridized carbons (Fsp3) is 0.615. The number of thiazole rings is 1. The highest BCUT2D eigenvalue weighted by Gasteiger charge is 2.25. The van der Waals surface area contributed by atoms with E-state index in [0.717, 1.165) is 16.3 Å². The van der Waals surface area contributed by atoms with E-state index in [9.17, 15) is 9.59 Å². The molecule has 7 heteroatoms. The van der Waals surface area contributed by atoms with Gasteiger partial charge in [-0.2, -0.15) is 0 Å². The maximum Gasteiger partial charge on any atom is 0.408 e. The molecule has 1 amide bonds. The molecule has 0 aliphatic carbocycles. The lowest BCUT2D eigenvalue weighted by Crippen LogP contribution is -2.45. The third-order valence-electron chi connectivity index (χ3n) is 2.64. The largest absolute Gasteiger partial charge is 0.467 e. The Hall–Kier alpha value is -1.63. The normalized spacial score (nSPS) is 12.1. The van der Waals surface area contributed by atoms with Crippen LogP contribution in [0.4, 0.5) is 4.79 Å². The lowest BCUT2D eigenvalue weighted by atomic mass is 10.1. The van der Waals surface area contributed by atoms with Gasteiger partial charge in [0.25, 0.3) is 0 Å². The second kappa shape index (κ2) is 7.84. The van der Waals surface area contributed by atoms with Gasteiger partial charge in [-0.25, -0.2) is 14.6 Å². The zero-order valence-corrected chi connectivity index (χ0v) is 13.0. The van der Waals surface area contributed by atoms with Gasteiger partial charge in [-0.05, 0) is 12.3 Å². The number of nitrogens with one attached hydrogen (secondary N) is 1. The summed E-state index contributed by atoms with van der Waals surface area (Å²) in [5.41, 5.74) is 0. The van der Waals surface area contributed by atoms with Crippen LogP contribution in [-0.4, -0.2) is 30.2 Å². The van der Waals surface area contributed by atoms with Gasteiger partial charge in [-0.15, -0.1) is 11.3 Å². The second-order valence-electron chi connectivity index (χ2n) is 4.54. The minimum absolute atomic E-state index is 0.0786. The number of carbonyl (C=O) groups is 2. The smallest absolute Gasteiger partial charge is 0.408 e. The van der Waals surface area contributed by atoms with E-state index >= 15 is 0 Å². The number of alkyl carbamates (subject to hydrolysis) is 1. The number of hydrogen-bond donors (Lipinski definition) is 1. The predicted molar refractivity (Wildman–Crippen MR) is 75.5 cm³/mol. The summed E-state index contributed by atoms with van der Waals surface area (Å²) in [5, 5.41) is 3.51. The summed E-state index contributed by atoms with van der Waals surface area (Å²) in [5.74, 6) is -0.562. The van der Waals surface area contributed by atoms with Crippen LogP contribution in [0.2, 0.25) is 0 Å². The predicted octanol–water partition coefficient (Wildman–Crippen LogP) is 2.13. The van der Waals surface area contributed by atoms with Gasteiger partial charge in [-0.3, -0.25) is 0 Å². The molecule has 6 nitrogen and oxygen atoms in total. The fourth-order valence-corrected chi connectivity index (χ4v) is 2.28.